The van der Waals surface area contributed by atoms with E-state index in [0.29, 0.717) is 28.7 Å². The van der Waals surface area contributed by atoms with Crippen molar-refractivity contribution in [2.45, 2.75) is 0 Å². The van der Waals surface area contributed by atoms with Gasteiger partial charge in [-0.05, 0) is 12.1 Å². The van der Waals surface area contributed by atoms with E-state index in [-0.39, 0.29) is 5.91 Å². The zero-order valence-corrected chi connectivity index (χ0v) is 15.2. The molecule has 1 aromatic heterocycles. The number of ether oxygens (including phenoxy) is 2. The highest BCUT2D eigenvalue weighted by Gasteiger charge is 2.27. The first-order valence-electron chi connectivity index (χ1n) is 7.64. The fraction of sp³-hybridized carbons (Fsp3) is 0.353. The Balaban J connectivity index is 1.70. The molecule has 7 heteroatoms. The third kappa shape index (κ3) is 3.16. The van der Waals surface area contributed by atoms with Crippen LogP contribution in [0.5, 0.6) is 11.5 Å². The van der Waals surface area contributed by atoms with E-state index >= 15 is 0 Å². The lowest BCUT2D eigenvalue weighted by atomic mass is 10.2. The number of carbonyl (C=O) groups is 1. The third-order valence-corrected chi connectivity index (χ3v) is 5.32. The summed E-state index contributed by atoms with van der Waals surface area (Å²) in [5, 5.41) is 1.76. The molecule has 2 heterocycles. The standard InChI is InChI=1S/C17H19ClN2O3S/c1-22-14-6-4-3-5-13(14)19-7-9-20(10-8-19)17(21)12-11-24-16(18)15(12)23-2/h3-6,11H,7-10H2,1-2H3. The molecular formula is C17H19ClN2O3S. The molecule has 2 aromatic rings. The predicted molar refractivity (Wildman–Crippen MR) is 97.0 cm³/mol. The molecule has 1 amide bonds. The van der Waals surface area contributed by atoms with Gasteiger partial charge >= 0.3 is 0 Å². The van der Waals surface area contributed by atoms with Crippen molar-refractivity contribution in [3.8, 4) is 11.5 Å². The van der Waals surface area contributed by atoms with Crippen LogP contribution in [0, 0.1) is 0 Å². The molecule has 1 aliphatic heterocycles. The van der Waals surface area contributed by atoms with Crippen molar-refractivity contribution in [1.82, 2.24) is 4.90 Å². The van der Waals surface area contributed by atoms with Gasteiger partial charge in [0, 0.05) is 31.6 Å². The van der Waals surface area contributed by atoms with E-state index in [1.54, 1.807) is 12.5 Å². The van der Waals surface area contributed by atoms with Crippen LogP contribution < -0.4 is 14.4 Å². The number of methoxy groups -OCH3 is 2. The lowest BCUT2D eigenvalue weighted by Gasteiger charge is -2.36. The number of piperazine rings is 1. The molecule has 5 nitrogen and oxygen atoms in total. The van der Waals surface area contributed by atoms with Crippen LogP contribution in [0.25, 0.3) is 0 Å². The Kier molecular flexibility index (Phi) is 5.16. The van der Waals surface area contributed by atoms with Gasteiger partial charge in [0.05, 0.1) is 25.5 Å². The molecule has 1 aliphatic rings. The minimum atomic E-state index is -0.0327. The SMILES string of the molecule is COc1ccccc1N1CCN(C(=O)c2csc(Cl)c2OC)CC1. The topological polar surface area (TPSA) is 42.0 Å². The Labute approximate surface area is 150 Å². The first kappa shape index (κ1) is 16.9. The summed E-state index contributed by atoms with van der Waals surface area (Å²) >= 11 is 7.38. The van der Waals surface area contributed by atoms with Gasteiger partial charge < -0.3 is 19.3 Å². The maximum atomic E-state index is 12.7. The van der Waals surface area contributed by atoms with E-state index in [1.165, 1.54) is 18.4 Å². The van der Waals surface area contributed by atoms with Crippen molar-refractivity contribution in [3.05, 3.63) is 39.5 Å². The summed E-state index contributed by atoms with van der Waals surface area (Å²) in [6.45, 7) is 2.81. The summed E-state index contributed by atoms with van der Waals surface area (Å²) in [6, 6.07) is 7.94. The number of rotatable bonds is 4. The molecule has 0 aliphatic carbocycles. The van der Waals surface area contributed by atoms with Gasteiger partial charge in [0.1, 0.15) is 10.1 Å². The molecule has 3 rings (SSSR count). The second-order valence-electron chi connectivity index (χ2n) is 5.41. The lowest BCUT2D eigenvalue weighted by Crippen LogP contribution is -2.48. The number of nitrogens with zero attached hydrogens (tertiary/aromatic N) is 2. The molecule has 0 atom stereocenters. The largest absolute Gasteiger partial charge is 0.495 e. The van der Waals surface area contributed by atoms with Crippen LogP contribution in [0.1, 0.15) is 10.4 Å². The Morgan fingerprint density at radius 2 is 1.83 bits per heavy atom. The molecule has 0 bridgehead atoms. The summed E-state index contributed by atoms with van der Waals surface area (Å²) in [6.07, 6.45) is 0. The average Bonchev–Trinajstić information content (AvgIpc) is 3.01. The molecule has 1 saturated heterocycles. The van der Waals surface area contributed by atoms with Crippen LogP contribution in [-0.2, 0) is 0 Å². The molecular weight excluding hydrogens is 348 g/mol. The Bertz CT molecular complexity index is 726. The van der Waals surface area contributed by atoms with Gasteiger partial charge in [-0.25, -0.2) is 0 Å². The summed E-state index contributed by atoms with van der Waals surface area (Å²) in [7, 11) is 3.20. The Hall–Kier alpha value is -1.92. The maximum absolute atomic E-state index is 12.7. The number of amides is 1. The van der Waals surface area contributed by atoms with Crippen LogP contribution >= 0.6 is 22.9 Å². The summed E-state index contributed by atoms with van der Waals surface area (Å²) in [5.41, 5.74) is 1.60. The van der Waals surface area contributed by atoms with Crippen molar-refractivity contribution < 1.29 is 14.3 Å². The van der Waals surface area contributed by atoms with E-state index < -0.39 is 0 Å². The molecule has 0 saturated carbocycles. The number of thiophene rings is 1. The quantitative estimate of drug-likeness (QED) is 0.831. The van der Waals surface area contributed by atoms with E-state index in [1.807, 2.05) is 29.2 Å². The highest BCUT2D eigenvalue weighted by molar-refractivity contribution is 7.15. The zero-order chi connectivity index (χ0) is 17.1. The first-order valence-corrected chi connectivity index (χ1v) is 8.89. The molecule has 24 heavy (non-hydrogen) atoms. The van der Waals surface area contributed by atoms with Gasteiger partial charge in [-0.15, -0.1) is 11.3 Å². The average molecular weight is 367 g/mol. The summed E-state index contributed by atoms with van der Waals surface area (Å²) in [4.78, 5) is 16.8. The van der Waals surface area contributed by atoms with E-state index in [9.17, 15) is 4.79 Å². The summed E-state index contributed by atoms with van der Waals surface area (Å²) in [5.74, 6) is 1.29. The van der Waals surface area contributed by atoms with Crippen LogP contribution in [0.3, 0.4) is 0 Å². The monoisotopic (exact) mass is 366 g/mol. The second kappa shape index (κ2) is 7.32. The number of carbonyl (C=O) groups excluding carboxylic acids is 1. The van der Waals surface area contributed by atoms with Crippen molar-refractivity contribution in [2.24, 2.45) is 0 Å². The minimum Gasteiger partial charge on any atom is -0.495 e. The van der Waals surface area contributed by atoms with Gasteiger partial charge in [-0.1, -0.05) is 23.7 Å². The Morgan fingerprint density at radius 3 is 2.50 bits per heavy atom. The number of hydrogen-bond donors (Lipinski definition) is 0. The normalized spacial score (nSPS) is 14.6. The van der Waals surface area contributed by atoms with Gasteiger partial charge in [-0.2, -0.15) is 0 Å². The number of hydrogen-bond acceptors (Lipinski definition) is 5. The molecule has 0 radical (unpaired) electrons. The van der Waals surface area contributed by atoms with Crippen LogP contribution in [0.2, 0.25) is 4.34 Å². The molecule has 0 unspecified atom stereocenters. The highest BCUT2D eigenvalue weighted by Crippen LogP contribution is 2.36. The summed E-state index contributed by atoms with van der Waals surface area (Å²) < 4.78 is 11.2. The van der Waals surface area contributed by atoms with Crippen molar-refractivity contribution >= 4 is 34.5 Å². The van der Waals surface area contributed by atoms with Crippen LogP contribution in [-0.4, -0.2) is 51.2 Å². The fourth-order valence-electron chi connectivity index (χ4n) is 2.87. The van der Waals surface area contributed by atoms with Crippen LogP contribution in [0.4, 0.5) is 5.69 Å². The van der Waals surface area contributed by atoms with Gasteiger partial charge in [-0.3, -0.25) is 4.79 Å². The minimum absolute atomic E-state index is 0.0327. The van der Waals surface area contributed by atoms with Gasteiger partial charge in [0.15, 0.2) is 5.75 Å². The molecule has 1 fully saturated rings. The Morgan fingerprint density at radius 1 is 1.12 bits per heavy atom. The second-order valence-corrected chi connectivity index (χ2v) is 6.89. The zero-order valence-electron chi connectivity index (χ0n) is 13.6. The van der Waals surface area contributed by atoms with Gasteiger partial charge in [0.2, 0.25) is 0 Å². The number of benzene rings is 1. The third-order valence-electron chi connectivity index (χ3n) is 4.13. The van der Waals surface area contributed by atoms with E-state index in [4.69, 9.17) is 21.1 Å². The van der Waals surface area contributed by atoms with Crippen molar-refractivity contribution in [3.63, 3.8) is 0 Å². The van der Waals surface area contributed by atoms with E-state index in [0.717, 1.165) is 24.5 Å². The van der Waals surface area contributed by atoms with Crippen LogP contribution in [0.15, 0.2) is 29.6 Å². The predicted octanol–water partition coefficient (Wildman–Crippen LogP) is 3.38. The lowest BCUT2D eigenvalue weighted by molar-refractivity contribution is 0.0744. The first-order chi connectivity index (χ1) is 11.7. The number of anilines is 1. The number of para-hydroxylation sites is 2. The smallest absolute Gasteiger partial charge is 0.258 e. The molecule has 0 N–H and O–H groups in total. The molecule has 1 aromatic carbocycles. The van der Waals surface area contributed by atoms with Crippen molar-refractivity contribution in [1.29, 1.82) is 0 Å². The van der Waals surface area contributed by atoms with Crippen molar-refractivity contribution in [2.75, 3.05) is 45.3 Å². The maximum Gasteiger partial charge on any atom is 0.258 e. The number of halogens is 1. The fourth-order valence-corrected chi connectivity index (χ4v) is 3.92. The molecule has 128 valence electrons. The van der Waals surface area contributed by atoms with E-state index in [2.05, 4.69) is 4.90 Å². The molecule has 0 spiro atoms. The van der Waals surface area contributed by atoms with Gasteiger partial charge in [0.25, 0.3) is 5.91 Å². The highest BCUT2D eigenvalue weighted by atomic mass is 35.5.